The summed E-state index contributed by atoms with van der Waals surface area (Å²) in [6.45, 7) is -3.19. The van der Waals surface area contributed by atoms with E-state index in [2.05, 4.69) is 25.4 Å². The van der Waals surface area contributed by atoms with Crippen LogP contribution in [0.2, 0.25) is 0 Å². The molecule has 0 aliphatic heterocycles. The molecule has 0 heterocycles. The minimum atomic E-state index is -4.96. The van der Waals surface area contributed by atoms with Gasteiger partial charge in [-0.1, -0.05) is 0 Å². The van der Waals surface area contributed by atoms with Crippen LogP contribution in [0.1, 0.15) is 0 Å². The van der Waals surface area contributed by atoms with Gasteiger partial charge in [0.05, 0.1) is 0 Å². The highest BCUT2D eigenvalue weighted by atomic mass is 79.9. The van der Waals surface area contributed by atoms with E-state index in [-0.39, 0.29) is 5.69 Å². The molecular formula is C8H5BrF5NO2. The number of rotatable bonds is 3. The third-order valence-electron chi connectivity index (χ3n) is 1.47. The van der Waals surface area contributed by atoms with Crippen molar-refractivity contribution in [1.82, 2.24) is 0 Å². The molecule has 0 aromatic heterocycles. The number of benzene rings is 1. The lowest BCUT2D eigenvalue weighted by Crippen LogP contribution is -2.18. The average molecular weight is 322 g/mol. The van der Waals surface area contributed by atoms with E-state index in [1.807, 2.05) is 0 Å². The molecule has 0 bridgehead atoms. The van der Waals surface area contributed by atoms with Gasteiger partial charge in [0.2, 0.25) is 0 Å². The van der Waals surface area contributed by atoms with Gasteiger partial charge in [-0.3, -0.25) is 0 Å². The van der Waals surface area contributed by atoms with Gasteiger partial charge in [-0.2, -0.15) is 8.78 Å². The summed E-state index contributed by atoms with van der Waals surface area (Å²) in [7, 11) is 0. The van der Waals surface area contributed by atoms with Crippen molar-refractivity contribution in [2.75, 3.05) is 5.73 Å². The highest BCUT2D eigenvalue weighted by Crippen LogP contribution is 2.39. The number of alkyl halides is 5. The molecule has 1 aromatic rings. The van der Waals surface area contributed by atoms with Crippen LogP contribution in [-0.4, -0.2) is 13.0 Å². The van der Waals surface area contributed by atoms with Crippen LogP contribution in [0, 0.1) is 0 Å². The first-order valence-electron chi connectivity index (χ1n) is 3.98. The van der Waals surface area contributed by atoms with E-state index in [0.717, 1.165) is 12.1 Å². The van der Waals surface area contributed by atoms with Crippen LogP contribution in [0.3, 0.4) is 0 Å². The summed E-state index contributed by atoms with van der Waals surface area (Å²) in [6.07, 6.45) is -4.96. The zero-order valence-electron chi connectivity index (χ0n) is 7.89. The third-order valence-corrected chi connectivity index (χ3v) is 2.25. The summed E-state index contributed by atoms with van der Waals surface area (Å²) in [5, 5.41) is 0. The summed E-state index contributed by atoms with van der Waals surface area (Å²) in [6, 6.07) is 1.77. The molecule has 0 aliphatic rings. The molecule has 0 saturated carbocycles. The van der Waals surface area contributed by atoms with E-state index in [0.29, 0.717) is 0 Å². The van der Waals surface area contributed by atoms with Crippen LogP contribution in [0.4, 0.5) is 27.6 Å². The Morgan fingerprint density at radius 1 is 1.18 bits per heavy atom. The van der Waals surface area contributed by atoms with Gasteiger partial charge in [0.25, 0.3) is 0 Å². The van der Waals surface area contributed by atoms with Gasteiger partial charge in [-0.05, 0) is 15.9 Å². The zero-order chi connectivity index (χ0) is 13.2. The van der Waals surface area contributed by atoms with Gasteiger partial charge in [-0.25, -0.2) is 0 Å². The molecule has 0 spiro atoms. The van der Waals surface area contributed by atoms with Gasteiger partial charge in [-0.15, -0.1) is 13.2 Å². The molecule has 0 radical (unpaired) electrons. The average Bonchev–Trinajstić information content (AvgIpc) is 2.09. The van der Waals surface area contributed by atoms with E-state index in [9.17, 15) is 22.0 Å². The lowest BCUT2D eigenvalue weighted by molar-refractivity contribution is -0.274. The van der Waals surface area contributed by atoms with Crippen molar-refractivity contribution in [2.24, 2.45) is 0 Å². The monoisotopic (exact) mass is 321 g/mol. The molecule has 0 aliphatic carbocycles. The van der Waals surface area contributed by atoms with Crippen molar-refractivity contribution in [3.63, 3.8) is 0 Å². The topological polar surface area (TPSA) is 44.5 Å². The number of nitrogens with two attached hydrogens (primary N) is 1. The molecule has 9 heteroatoms. The molecule has 2 N–H and O–H groups in total. The molecule has 1 aromatic carbocycles. The molecular weight excluding hydrogens is 317 g/mol. The Hall–Kier alpha value is -1.25. The minimum Gasteiger partial charge on any atom is -0.433 e. The summed E-state index contributed by atoms with van der Waals surface area (Å²) in [5.41, 5.74) is 5.02. The molecule has 0 amide bonds. The van der Waals surface area contributed by atoms with Crippen molar-refractivity contribution in [1.29, 1.82) is 0 Å². The van der Waals surface area contributed by atoms with Gasteiger partial charge in [0, 0.05) is 17.8 Å². The summed E-state index contributed by atoms with van der Waals surface area (Å²) in [4.78, 5) is 0. The van der Waals surface area contributed by atoms with Crippen molar-refractivity contribution in [3.8, 4) is 11.5 Å². The predicted molar refractivity (Wildman–Crippen MR) is 51.9 cm³/mol. The quantitative estimate of drug-likeness (QED) is 0.684. The Morgan fingerprint density at radius 2 is 1.71 bits per heavy atom. The number of anilines is 1. The van der Waals surface area contributed by atoms with Crippen LogP contribution in [-0.2, 0) is 0 Å². The smallest absolute Gasteiger partial charge is 0.433 e. The lowest BCUT2D eigenvalue weighted by Gasteiger charge is -2.14. The standard InChI is InChI=1S/C8H5BrF5NO2/c9-6-4(16-7(10)11)1-3(15)2-5(6)17-8(12,13)14/h1-2,7H,15H2. The maximum Gasteiger partial charge on any atom is 0.573 e. The second-order valence-electron chi connectivity index (χ2n) is 2.76. The van der Waals surface area contributed by atoms with Crippen LogP contribution in [0.25, 0.3) is 0 Å². The van der Waals surface area contributed by atoms with Gasteiger partial charge >= 0.3 is 13.0 Å². The Bertz CT molecular complexity index is 410. The Labute approximate surface area is 100 Å². The van der Waals surface area contributed by atoms with Crippen LogP contribution in [0.5, 0.6) is 11.5 Å². The van der Waals surface area contributed by atoms with Gasteiger partial charge in [0.15, 0.2) is 0 Å². The fourth-order valence-corrected chi connectivity index (χ4v) is 1.38. The van der Waals surface area contributed by atoms with Crippen LogP contribution >= 0.6 is 15.9 Å². The maximum atomic E-state index is 12.0. The number of ether oxygens (including phenoxy) is 2. The molecule has 0 fully saturated rings. The number of hydrogen-bond donors (Lipinski definition) is 1. The highest BCUT2D eigenvalue weighted by Gasteiger charge is 2.32. The summed E-state index contributed by atoms with van der Waals surface area (Å²) < 4.78 is 67.0. The molecule has 96 valence electrons. The first kappa shape index (κ1) is 13.8. The number of hydrogen-bond acceptors (Lipinski definition) is 3. The van der Waals surface area contributed by atoms with E-state index in [4.69, 9.17) is 5.73 Å². The SMILES string of the molecule is Nc1cc(OC(F)F)c(Br)c(OC(F)(F)F)c1. The third kappa shape index (κ3) is 4.25. The second-order valence-corrected chi connectivity index (χ2v) is 3.55. The van der Waals surface area contributed by atoms with Crippen LogP contribution < -0.4 is 15.2 Å². The summed E-state index contributed by atoms with van der Waals surface area (Å²) in [5.74, 6) is -1.30. The minimum absolute atomic E-state index is 0.205. The molecule has 1 rings (SSSR count). The second kappa shape index (κ2) is 4.94. The zero-order valence-corrected chi connectivity index (χ0v) is 9.48. The molecule has 17 heavy (non-hydrogen) atoms. The Kier molecular flexibility index (Phi) is 4.02. The fourth-order valence-electron chi connectivity index (χ4n) is 0.973. The van der Waals surface area contributed by atoms with Crippen molar-refractivity contribution in [3.05, 3.63) is 16.6 Å². The van der Waals surface area contributed by atoms with Crippen molar-refractivity contribution in [2.45, 2.75) is 13.0 Å². The largest absolute Gasteiger partial charge is 0.573 e. The first-order valence-corrected chi connectivity index (χ1v) is 4.78. The van der Waals surface area contributed by atoms with Crippen LogP contribution in [0.15, 0.2) is 16.6 Å². The molecule has 0 saturated heterocycles. The number of nitrogen functional groups attached to an aromatic ring is 1. The van der Waals surface area contributed by atoms with E-state index in [1.165, 1.54) is 0 Å². The van der Waals surface area contributed by atoms with Gasteiger partial charge in [0.1, 0.15) is 16.0 Å². The Morgan fingerprint density at radius 3 is 2.18 bits per heavy atom. The van der Waals surface area contributed by atoms with E-state index >= 15 is 0 Å². The number of halogens is 6. The molecule has 0 unspecified atom stereocenters. The maximum absolute atomic E-state index is 12.0. The highest BCUT2D eigenvalue weighted by molar-refractivity contribution is 9.10. The lowest BCUT2D eigenvalue weighted by atomic mass is 10.3. The van der Waals surface area contributed by atoms with Gasteiger partial charge < -0.3 is 15.2 Å². The fraction of sp³-hybridized carbons (Fsp3) is 0.250. The predicted octanol–water partition coefficient (Wildman–Crippen LogP) is 3.53. The van der Waals surface area contributed by atoms with Crippen molar-refractivity contribution >= 4 is 21.6 Å². The Balaban J connectivity index is 3.10. The molecule has 0 atom stereocenters. The van der Waals surface area contributed by atoms with E-state index in [1.54, 1.807) is 0 Å². The van der Waals surface area contributed by atoms with E-state index < -0.39 is 28.9 Å². The normalized spacial score (nSPS) is 11.7. The summed E-state index contributed by atoms with van der Waals surface area (Å²) >= 11 is 2.66. The van der Waals surface area contributed by atoms with Crippen molar-refractivity contribution < 1.29 is 31.4 Å². The molecule has 3 nitrogen and oxygen atoms in total. The first-order chi connectivity index (χ1) is 7.69.